The van der Waals surface area contributed by atoms with Gasteiger partial charge in [0.05, 0.1) is 18.8 Å². The highest BCUT2D eigenvalue weighted by Crippen LogP contribution is 2.39. The van der Waals surface area contributed by atoms with Crippen LogP contribution in [0.4, 0.5) is 10.5 Å². The number of aryl methyl sites for hydroxylation is 1. The first-order chi connectivity index (χ1) is 25.5. The number of rotatable bonds is 12. The Morgan fingerprint density at radius 3 is 2.33 bits per heavy atom. The minimum Gasteiger partial charge on any atom is -0.457 e. The van der Waals surface area contributed by atoms with Crippen LogP contribution in [0.25, 0.3) is 11.1 Å². The fourth-order valence-electron chi connectivity index (χ4n) is 5.88. The summed E-state index contributed by atoms with van der Waals surface area (Å²) in [5, 5.41) is 24.4. The molecule has 0 saturated carbocycles. The minimum absolute atomic E-state index is 0.00276. The third-order valence-corrected chi connectivity index (χ3v) is 9.84. The molecule has 10 nitrogen and oxygen atoms in total. The summed E-state index contributed by atoms with van der Waals surface area (Å²) in [4.78, 5) is 12.7. The smallest absolute Gasteiger partial charge is 0.319 e. The normalized spacial score (nSPS) is 17.0. The molecule has 2 heterocycles. The lowest BCUT2D eigenvalue weighted by atomic mass is 9.99. The van der Waals surface area contributed by atoms with Gasteiger partial charge in [0.2, 0.25) is 0 Å². The number of carbonyl (C=O) groups is 1. The molecule has 3 atom stereocenters. The Hall–Kier alpha value is -5.46. The van der Waals surface area contributed by atoms with Crippen molar-refractivity contribution in [1.29, 1.82) is 0 Å². The van der Waals surface area contributed by atoms with Crippen molar-refractivity contribution in [3.8, 4) is 22.6 Å². The minimum atomic E-state index is -0.558. The van der Waals surface area contributed by atoms with Gasteiger partial charge in [0, 0.05) is 37.0 Å². The maximum Gasteiger partial charge on any atom is 0.319 e. The van der Waals surface area contributed by atoms with Gasteiger partial charge in [-0.1, -0.05) is 96.7 Å². The van der Waals surface area contributed by atoms with Crippen LogP contribution in [0, 0.1) is 0 Å². The molecule has 1 aliphatic heterocycles. The number of benzene rings is 5. The van der Waals surface area contributed by atoms with E-state index in [1.165, 1.54) is 0 Å². The van der Waals surface area contributed by atoms with Crippen LogP contribution in [-0.4, -0.2) is 37.8 Å². The zero-order chi connectivity index (χ0) is 35.7. The van der Waals surface area contributed by atoms with E-state index in [1.807, 2.05) is 103 Å². The molecule has 7 rings (SSSR count). The third kappa shape index (κ3) is 9.06. The van der Waals surface area contributed by atoms with Crippen LogP contribution < -0.4 is 15.4 Å². The number of carbonyl (C=O) groups excluding carboxylic acids is 1. The number of urea groups is 1. The number of amides is 2. The van der Waals surface area contributed by atoms with E-state index in [1.54, 1.807) is 30.2 Å². The van der Waals surface area contributed by atoms with Crippen molar-refractivity contribution in [3.05, 3.63) is 156 Å². The molecular formula is C41H39N5O5S. The predicted molar refractivity (Wildman–Crippen MR) is 201 cm³/mol. The Kier molecular flexibility index (Phi) is 11.2. The van der Waals surface area contributed by atoms with Gasteiger partial charge in [-0.3, -0.25) is 0 Å². The summed E-state index contributed by atoms with van der Waals surface area (Å²) in [5.74, 6) is 2.14. The topological polar surface area (TPSA) is 120 Å². The van der Waals surface area contributed by atoms with Crippen molar-refractivity contribution in [1.82, 2.24) is 20.1 Å². The van der Waals surface area contributed by atoms with Gasteiger partial charge in [0.15, 0.2) is 11.4 Å². The van der Waals surface area contributed by atoms with E-state index in [4.69, 9.17) is 14.2 Å². The molecule has 3 N–H and O–H groups in total. The maximum atomic E-state index is 12.7. The van der Waals surface area contributed by atoms with Crippen LogP contribution in [0.5, 0.6) is 11.5 Å². The molecule has 11 heteroatoms. The first kappa shape index (κ1) is 35.0. The standard InChI is InChI=1S/C41H39N5O5S/c1-46-27-43-45-41(46)52-26-37-23-38(31-12-10-28(25-47)11-13-31)51-39(50-37)32-16-14-30(15-17-32)33-7-5-6-29(22-33)24-42-40(48)44-34-18-20-36(21-19-34)49-35-8-3-2-4-9-35/h2-22,27,37-39,47H,23-26H2,1H3,(H2,42,44,48)/t37-,38+,39+/m1/s1. The number of thioether (sulfide) groups is 1. The first-order valence-electron chi connectivity index (χ1n) is 17.0. The average Bonchev–Trinajstić information content (AvgIpc) is 3.61. The zero-order valence-corrected chi connectivity index (χ0v) is 29.4. The summed E-state index contributed by atoms with van der Waals surface area (Å²) in [7, 11) is 1.93. The molecule has 1 saturated heterocycles. The van der Waals surface area contributed by atoms with Crippen LogP contribution in [0.3, 0.4) is 0 Å². The van der Waals surface area contributed by atoms with Crippen molar-refractivity contribution < 1.29 is 24.1 Å². The maximum absolute atomic E-state index is 12.7. The second-order valence-corrected chi connectivity index (χ2v) is 13.4. The van der Waals surface area contributed by atoms with Gasteiger partial charge in [-0.25, -0.2) is 4.79 Å². The molecule has 1 fully saturated rings. The molecule has 0 spiro atoms. The van der Waals surface area contributed by atoms with Gasteiger partial charge in [-0.15, -0.1) is 10.2 Å². The Balaban J connectivity index is 0.970. The largest absolute Gasteiger partial charge is 0.457 e. The molecule has 0 radical (unpaired) electrons. The van der Waals surface area contributed by atoms with Crippen molar-refractivity contribution in [2.24, 2.45) is 7.05 Å². The second-order valence-electron chi connectivity index (χ2n) is 12.5. The molecule has 52 heavy (non-hydrogen) atoms. The van der Waals surface area contributed by atoms with Crippen molar-refractivity contribution >= 4 is 23.5 Å². The van der Waals surface area contributed by atoms with Gasteiger partial charge in [0.25, 0.3) is 0 Å². The number of aliphatic hydroxyl groups is 1. The highest BCUT2D eigenvalue weighted by Gasteiger charge is 2.32. The number of para-hydroxylation sites is 1. The quantitative estimate of drug-likeness (QED) is 0.108. The van der Waals surface area contributed by atoms with Crippen LogP contribution in [0.1, 0.15) is 41.1 Å². The molecule has 1 aliphatic rings. The molecule has 264 valence electrons. The summed E-state index contributed by atoms with van der Waals surface area (Å²) in [6.45, 7) is 0.363. The SMILES string of the molecule is Cn1cnnc1SC[C@H]1C[C@@H](c2ccc(CO)cc2)O[C@@H](c2ccc(-c3cccc(CNC(=O)Nc4ccc(Oc5ccccc5)cc4)c3)cc2)O1. The molecular weight excluding hydrogens is 675 g/mol. The average molecular weight is 714 g/mol. The van der Waals surface area contributed by atoms with Crippen LogP contribution in [-0.2, 0) is 29.7 Å². The van der Waals surface area contributed by atoms with E-state index in [0.29, 0.717) is 30.2 Å². The lowest BCUT2D eigenvalue weighted by molar-refractivity contribution is -0.245. The highest BCUT2D eigenvalue weighted by molar-refractivity contribution is 7.99. The number of ether oxygens (including phenoxy) is 3. The number of nitrogens with one attached hydrogen (secondary N) is 2. The molecule has 0 aliphatic carbocycles. The Morgan fingerprint density at radius 2 is 1.60 bits per heavy atom. The van der Waals surface area contributed by atoms with Crippen molar-refractivity contribution in [2.45, 2.75) is 43.2 Å². The summed E-state index contributed by atoms with van der Waals surface area (Å²) >= 11 is 1.61. The number of hydrogen-bond acceptors (Lipinski definition) is 8. The van der Waals surface area contributed by atoms with Crippen molar-refractivity contribution in [2.75, 3.05) is 11.1 Å². The van der Waals surface area contributed by atoms with Gasteiger partial charge < -0.3 is 34.5 Å². The Morgan fingerprint density at radius 1 is 0.846 bits per heavy atom. The van der Waals surface area contributed by atoms with E-state index >= 15 is 0 Å². The van der Waals surface area contributed by atoms with Crippen LogP contribution >= 0.6 is 11.8 Å². The van der Waals surface area contributed by atoms with Crippen LogP contribution in [0.15, 0.2) is 139 Å². The molecule has 0 bridgehead atoms. The summed E-state index contributed by atoms with van der Waals surface area (Å²) in [6.07, 6.45) is 1.56. The van der Waals surface area contributed by atoms with E-state index in [-0.39, 0.29) is 24.8 Å². The predicted octanol–water partition coefficient (Wildman–Crippen LogP) is 8.43. The molecule has 6 aromatic rings. The van der Waals surface area contributed by atoms with E-state index in [2.05, 4.69) is 45.1 Å². The van der Waals surface area contributed by atoms with Gasteiger partial charge in [-0.05, 0) is 70.3 Å². The van der Waals surface area contributed by atoms with Crippen LogP contribution in [0.2, 0.25) is 0 Å². The van der Waals surface area contributed by atoms with Gasteiger partial charge in [0.1, 0.15) is 17.8 Å². The highest BCUT2D eigenvalue weighted by atomic mass is 32.2. The first-order valence-corrected chi connectivity index (χ1v) is 18.0. The summed E-state index contributed by atoms with van der Waals surface area (Å²) in [6, 6.07) is 40.7. The zero-order valence-electron chi connectivity index (χ0n) is 28.6. The lowest BCUT2D eigenvalue weighted by Crippen LogP contribution is -2.31. The number of nitrogens with zero attached hydrogens (tertiary/aromatic N) is 3. The fraction of sp³-hybridized carbons (Fsp3) is 0.195. The van der Waals surface area contributed by atoms with E-state index in [0.717, 1.165) is 44.3 Å². The lowest BCUT2D eigenvalue weighted by Gasteiger charge is -2.36. The van der Waals surface area contributed by atoms with Crippen molar-refractivity contribution in [3.63, 3.8) is 0 Å². The Bertz CT molecular complexity index is 2060. The molecule has 2 amide bonds. The molecule has 0 unspecified atom stereocenters. The number of aliphatic hydroxyl groups excluding tert-OH is 1. The van der Waals surface area contributed by atoms with E-state index in [9.17, 15) is 9.90 Å². The third-order valence-electron chi connectivity index (χ3n) is 8.67. The summed E-state index contributed by atoms with van der Waals surface area (Å²) in [5.41, 5.74) is 6.53. The number of aromatic nitrogens is 3. The second kappa shape index (κ2) is 16.7. The van der Waals surface area contributed by atoms with E-state index < -0.39 is 6.29 Å². The summed E-state index contributed by atoms with van der Waals surface area (Å²) < 4.78 is 20.8. The monoisotopic (exact) mass is 713 g/mol. The number of anilines is 1. The number of hydrogen-bond donors (Lipinski definition) is 3. The Labute approximate surface area is 306 Å². The molecule has 1 aromatic heterocycles. The van der Waals surface area contributed by atoms with Gasteiger partial charge >= 0.3 is 6.03 Å². The molecule has 5 aromatic carbocycles. The van der Waals surface area contributed by atoms with Gasteiger partial charge in [-0.2, -0.15) is 0 Å². The fourth-order valence-corrected chi connectivity index (χ4v) is 6.78.